The van der Waals surface area contributed by atoms with Gasteiger partial charge in [0.2, 0.25) is 0 Å². The predicted molar refractivity (Wildman–Crippen MR) is 119 cm³/mol. The van der Waals surface area contributed by atoms with Gasteiger partial charge >= 0.3 is 0 Å². The molecule has 6 nitrogen and oxygen atoms in total. The average molecular weight is 407 g/mol. The maximum atomic E-state index is 12.6. The third-order valence-electron chi connectivity index (χ3n) is 5.15. The van der Waals surface area contributed by atoms with Gasteiger partial charge in [-0.15, -0.1) is 0 Å². The van der Waals surface area contributed by atoms with E-state index in [2.05, 4.69) is 41.3 Å². The van der Waals surface area contributed by atoms with Crippen LogP contribution in [-0.4, -0.2) is 40.8 Å². The Hall–Kier alpha value is -3.12. The molecule has 0 atom stereocenters. The first kappa shape index (κ1) is 21.6. The van der Waals surface area contributed by atoms with Crippen molar-refractivity contribution in [3.8, 4) is 11.4 Å². The van der Waals surface area contributed by atoms with Crippen molar-refractivity contribution in [3.63, 3.8) is 0 Å². The number of hydrogen-bond donors (Lipinski definition) is 1. The molecule has 0 aliphatic rings. The summed E-state index contributed by atoms with van der Waals surface area (Å²) >= 11 is 0. The third-order valence-corrected chi connectivity index (χ3v) is 5.15. The van der Waals surface area contributed by atoms with E-state index >= 15 is 0 Å². The first-order valence-corrected chi connectivity index (χ1v) is 10.3. The van der Waals surface area contributed by atoms with Gasteiger partial charge in [0, 0.05) is 19.3 Å². The van der Waals surface area contributed by atoms with Crippen molar-refractivity contribution in [2.45, 2.75) is 33.9 Å². The fraction of sp³-hybridized carbons (Fsp3) is 0.333. The number of aromatic nitrogens is 2. The molecule has 1 N–H and O–H groups in total. The normalized spacial score (nSPS) is 11.0. The molecule has 0 spiro atoms. The predicted octanol–water partition coefficient (Wildman–Crippen LogP) is 3.96. The zero-order valence-electron chi connectivity index (χ0n) is 18.2. The standard InChI is InChI=1S/C24H30N4O2/c1-5-27(6-2)17-20-9-7-8-19(15-20)16-25-24(29)21-12-13-28(26-21)22-14-18(3)10-11-23(22)30-4/h7-15H,5-6,16-17H2,1-4H3,(H,25,29). The van der Waals surface area contributed by atoms with E-state index in [1.807, 2.05) is 37.3 Å². The van der Waals surface area contributed by atoms with Gasteiger partial charge in [-0.05, 0) is 54.9 Å². The smallest absolute Gasteiger partial charge is 0.272 e. The Balaban J connectivity index is 1.66. The molecule has 0 aliphatic carbocycles. The second-order valence-electron chi connectivity index (χ2n) is 7.28. The number of methoxy groups -OCH3 is 1. The summed E-state index contributed by atoms with van der Waals surface area (Å²) in [6, 6.07) is 15.9. The molecule has 0 saturated carbocycles. The highest BCUT2D eigenvalue weighted by atomic mass is 16.5. The summed E-state index contributed by atoms with van der Waals surface area (Å²) in [5.74, 6) is 0.509. The number of ether oxygens (including phenoxy) is 1. The maximum absolute atomic E-state index is 12.6. The van der Waals surface area contributed by atoms with Gasteiger partial charge in [0.05, 0.1) is 7.11 Å². The molecule has 0 fully saturated rings. The number of rotatable bonds is 9. The fourth-order valence-electron chi connectivity index (χ4n) is 3.37. The van der Waals surface area contributed by atoms with Crippen LogP contribution in [0.3, 0.4) is 0 Å². The van der Waals surface area contributed by atoms with Gasteiger partial charge in [-0.1, -0.05) is 44.2 Å². The van der Waals surface area contributed by atoms with Gasteiger partial charge in [-0.2, -0.15) is 5.10 Å². The van der Waals surface area contributed by atoms with Crippen LogP contribution in [-0.2, 0) is 13.1 Å². The molecule has 0 bridgehead atoms. The SMILES string of the molecule is CCN(CC)Cc1cccc(CNC(=O)c2ccn(-c3cc(C)ccc3OC)n2)c1. The fourth-order valence-corrected chi connectivity index (χ4v) is 3.37. The molecule has 0 unspecified atom stereocenters. The molecule has 3 aromatic rings. The molecular weight excluding hydrogens is 376 g/mol. The topological polar surface area (TPSA) is 59.4 Å². The van der Waals surface area contributed by atoms with Crippen molar-refractivity contribution in [1.29, 1.82) is 0 Å². The van der Waals surface area contributed by atoms with Crippen molar-refractivity contribution in [2.75, 3.05) is 20.2 Å². The van der Waals surface area contributed by atoms with Crippen molar-refractivity contribution >= 4 is 5.91 Å². The Kier molecular flexibility index (Phi) is 7.25. The number of nitrogens with one attached hydrogen (secondary N) is 1. The molecule has 0 aliphatic heterocycles. The number of amides is 1. The Morgan fingerprint density at radius 3 is 2.60 bits per heavy atom. The molecule has 6 heteroatoms. The van der Waals surface area contributed by atoms with E-state index in [0.717, 1.165) is 36.4 Å². The summed E-state index contributed by atoms with van der Waals surface area (Å²) in [5, 5.41) is 7.41. The van der Waals surface area contributed by atoms with Gasteiger partial charge in [0.15, 0.2) is 5.69 Å². The Bertz CT molecular complexity index is 992. The molecular formula is C24H30N4O2. The monoisotopic (exact) mass is 406 g/mol. The summed E-state index contributed by atoms with van der Waals surface area (Å²) in [6.45, 7) is 9.76. The highest BCUT2D eigenvalue weighted by Gasteiger charge is 2.13. The summed E-state index contributed by atoms with van der Waals surface area (Å²) < 4.78 is 7.09. The average Bonchev–Trinajstić information content (AvgIpc) is 3.26. The molecule has 0 radical (unpaired) electrons. The Morgan fingerprint density at radius 1 is 1.10 bits per heavy atom. The minimum Gasteiger partial charge on any atom is -0.494 e. The second kappa shape index (κ2) is 10.1. The van der Waals surface area contributed by atoms with E-state index in [1.54, 1.807) is 24.1 Å². The van der Waals surface area contributed by atoms with Crippen LogP contribution in [0.2, 0.25) is 0 Å². The first-order chi connectivity index (χ1) is 14.5. The van der Waals surface area contributed by atoms with E-state index in [-0.39, 0.29) is 5.91 Å². The van der Waals surface area contributed by atoms with Gasteiger partial charge in [-0.25, -0.2) is 4.68 Å². The van der Waals surface area contributed by atoms with Crippen molar-refractivity contribution in [3.05, 3.63) is 77.1 Å². The van der Waals surface area contributed by atoms with Crippen LogP contribution < -0.4 is 10.1 Å². The largest absolute Gasteiger partial charge is 0.494 e. The van der Waals surface area contributed by atoms with Crippen molar-refractivity contribution < 1.29 is 9.53 Å². The van der Waals surface area contributed by atoms with E-state index in [9.17, 15) is 4.79 Å². The lowest BCUT2D eigenvalue weighted by atomic mass is 10.1. The van der Waals surface area contributed by atoms with E-state index in [0.29, 0.717) is 18.0 Å². The summed E-state index contributed by atoms with van der Waals surface area (Å²) in [5.41, 5.74) is 4.60. The number of carbonyl (C=O) groups excluding carboxylic acids is 1. The van der Waals surface area contributed by atoms with Crippen molar-refractivity contribution in [2.24, 2.45) is 0 Å². The molecule has 1 heterocycles. The number of carbonyl (C=O) groups is 1. The minimum atomic E-state index is -0.200. The molecule has 30 heavy (non-hydrogen) atoms. The number of hydrogen-bond acceptors (Lipinski definition) is 4. The lowest BCUT2D eigenvalue weighted by molar-refractivity contribution is 0.0945. The summed E-state index contributed by atoms with van der Waals surface area (Å²) in [4.78, 5) is 15.0. The van der Waals surface area contributed by atoms with Crippen molar-refractivity contribution in [1.82, 2.24) is 20.0 Å². The number of aryl methyl sites for hydroxylation is 1. The molecule has 1 amide bonds. The van der Waals surface area contributed by atoms with E-state index in [4.69, 9.17) is 4.74 Å². The summed E-state index contributed by atoms with van der Waals surface area (Å²) in [7, 11) is 1.62. The number of nitrogens with zero attached hydrogens (tertiary/aromatic N) is 3. The molecule has 2 aromatic carbocycles. The van der Waals surface area contributed by atoms with Crippen LogP contribution in [0.15, 0.2) is 54.7 Å². The molecule has 1 aromatic heterocycles. The maximum Gasteiger partial charge on any atom is 0.272 e. The van der Waals surface area contributed by atoms with E-state index < -0.39 is 0 Å². The van der Waals surface area contributed by atoms with Gasteiger partial charge in [0.1, 0.15) is 11.4 Å². The van der Waals surface area contributed by atoms with Crippen LogP contribution in [0.1, 0.15) is 41.0 Å². The van der Waals surface area contributed by atoms with Crippen LogP contribution in [0.5, 0.6) is 5.75 Å². The van der Waals surface area contributed by atoms with Crippen LogP contribution in [0.25, 0.3) is 5.69 Å². The lowest BCUT2D eigenvalue weighted by Gasteiger charge is -2.18. The van der Waals surface area contributed by atoms with Gasteiger partial charge < -0.3 is 10.1 Å². The lowest BCUT2D eigenvalue weighted by Crippen LogP contribution is -2.24. The van der Waals surface area contributed by atoms with E-state index in [1.165, 1.54) is 5.56 Å². The second-order valence-corrected chi connectivity index (χ2v) is 7.28. The van der Waals surface area contributed by atoms with Crippen LogP contribution in [0.4, 0.5) is 0 Å². The van der Waals surface area contributed by atoms with Gasteiger partial charge in [-0.3, -0.25) is 9.69 Å². The summed E-state index contributed by atoms with van der Waals surface area (Å²) in [6.07, 6.45) is 1.77. The van der Waals surface area contributed by atoms with Crippen LogP contribution >= 0.6 is 0 Å². The number of benzene rings is 2. The first-order valence-electron chi connectivity index (χ1n) is 10.3. The zero-order chi connectivity index (χ0) is 21.5. The van der Waals surface area contributed by atoms with Gasteiger partial charge in [0.25, 0.3) is 5.91 Å². The zero-order valence-corrected chi connectivity index (χ0v) is 18.2. The highest BCUT2D eigenvalue weighted by molar-refractivity contribution is 5.92. The Morgan fingerprint density at radius 2 is 1.87 bits per heavy atom. The molecule has 0 saturated heterocycles. The quantitative estimate of drug-likeness (QED) is 0.584. The minimum absolute atomic E-state index is 0.200. The Labute approximate surface area is 178 Å². The van der Waals surface area contributed by atoms with Crippen LogP contribution in [0, 0.1) is 6.92 Å². The third kappa shape index (κ3) is 5.27. The molecule has 158 valence electrons. The highest BCUT2D eigenvalue weighted by Crippen LogP contribution is 2.23. The molecule has 3 rings (SSSR count).